The van der Waals surface area contributed by atoms with Crippen LogP contribution in [0.5, 0.6) is 5.75 Å². The van der Waals surface area contributed by atoms with Gasteiger partial charge in [0, 0.05) is 17.2 Å². The van der Waals surface area contributed by atoms with E-state index in [1.54, 1.807) is 25.1 Å². The molecule has 6 nitrogen and oxygen atoms in total. The molecule has 0 radical (unpaired) electrons. The molecule has 108 valence electrons. The lowest BCUT2D eigenvalue weighted by Crippen LogP contribution is -2.35. The standard InChI is InChI=1S/C13H16N2O4S/c1-9(8-20)13(19)15(7-12(17)18)14-6-10-4-2-3-5-11(10)16/h2-6,9,16,20H,7-8H2,1H3,(H,17,18)/b14-6+/t9-/m1/s1. The van der Waals surface area contributed by atoms with E-state index in [-0.39, 0.29) is 5.75 Å². The Balaban J connectivity index is 2.92. The quantitative estimate of drug-likeness (QED) is 0.418. The number of carboxylic acids is 1. The SMILES string of the molecule is C[C@H](CS)C(=O)N(CC(=O)O)/N=C/c1ccccc1O. The van der Waals surface area contributed by atoms with Crippen LogP contribution in [0.4, 0.5) is 0 Å². The lowest BCUT2D eigenvalue weighted by Gasteiger charge is -2.18. The number of nitrogens with zero attached hydrogens (tertiary/aromatic N) is 2. The molecular formula is C13H16N2O4S. The van der Waals surface area contributed by atoms with Crippen LogP contribution in [0.3, 0.4) is 0 Å². The van der Waals surface area contributed by atoms with Crippen LogP contribution in [0.1, 0.15) is 12.5 Å². The number of benzene rings is 1. The number of aliphatic carboxylic acids is 1. The van der Waals surface area contributed by atoms with Gasteiger partial charge in [0.25, 0.3) is 0 Å². The molecule has 1 atom stereocenters. The number of hydrogen-bond donors (Lipinski definition) is 3. The van der Waals surface area contributed by atoms with Gasteiger partial charge in [0.2, 0.25) is 5.91 Å². The van der Waals surface area contributed by atoms with Crippen LogP contribution in [-0.4, -0.2) is 45.6 Å². The minimum atomic E-state index is -1.17. The van der Waals surface area contributed by atoms with Crippen LogP contribution >= 0.6 is 12.6 Å². The molecule has 1 aromatic carbocycles. The van der Waals surface area contributed by atoms with Crippen molar-refractivity contribution >= 4 is 30.7 Å². The van der Waals surface area contributed by atoms with Crippen molar-refractivity contribution in [2.45, 2.75) is 6.92 Å². The number of aromatic hydroxyl groups is 1. The van der Waals surface area contributed by atoms with Gasteiger partial charge in [-0.1, -0.05) is 19.1 Å². The van der Waals surface area contributed by atoms with Crippen molar-refractivity contribution in [3.05, 3.63) is 29.8 Å². The second-order valence-corrected chi connectivity index (χ2v) is 4.54. The van der Waals surface area contributed by atoms with E-state index in [2.05, 4.69) is 17.7 Å². The third-order valence-electron chi connectivity index (χ3n) is 2.51. The molecular weight excluding hydrogens is 280 g/mol. The smallest absolute Gasteiger partial charge is 0.325 e. The molecule has 20 heavy (non-hydrogen) atoms. The second-order valence-electron chi connectivity index (χ2n) is 4.18. The number of hydrazone groups is 1. The van der Waals surface area contributed by atoms with Crippen LogP contribution < -0.4 is 0 Å². The molecule has 0 aliphatic heterocycles. The van der Waals surface area contributed by atoms with Crippen LogP contribution in [-0.2, 0) is 9.59 Å². The lowest BCUT2D eigenvalue weighted by atomic mass is 10.2. The predicted molar refractivity (Wildman–Crippen MR) is 78.1 cm³/mol. The van der Waals surface area contributed by atoms with Crippen LogP contribution in [0.15, 0.2) is 29.4 Å². The molecule has 0 unspecified atom stereocenters. The monoisotopic (exact) mass is 296 g/mol. The number of thiol groups is 1. The van der Waals surface area contributed by atoms with Crippen molar-refractivity contribution in [2.24, 2.45) is 11.0 Å². The highest BCUT2D eigenvalue weighted by Crippen LogP contribution is 2.13. The topological polar surface area (TPSA) is 90.2 Å². The molecule has 7 heteroatoms. The minimum Gasteiger partial charge on any atom is -0.507 e. The van der Waals surface area contributed by atoms with Gasteiger partial charge in [-0.2, -0.15) is 17.7 Å². The molecule has 1 amide bonds. The summed E-state index contributed by atoms with van der Waals surface area (Å²) in [6.45, 7) is 1.10. The summed E-state index contributed by atoms with van der Waals surface area (Å²) in [6, 6.07) is 6.42. The first-order valence-corrected chi connectivity index (χ1v) is 6.55. The molecule has 0 spiro atoms. The third kappa shape index (κ3) is 4.58. The molecule has 0 aromatic heterocycles. The zero-order chi connectivity index (χ0) is 15.1. The first kappa shape index (κ1) is 16.0. The number of carboxylic acid groups (broad SMARTS) is 1. The Labute approximate surface area is 122 Å². The molecule has 0 fully saturated rings. The summed E-state index contributed by atoms with van der Waals surface area (Å²) in [7, 11) is 0. The number of para-hydroxylation sites is 1. The van der Waals surface area contributed by atoms with Gasteiger partial charge in [-0.25, -0.2) is 5.01 Å². The van der Waals surface area contributed by atoms with E-state index in [0.29, 0.717) is 11.3 Å². The summed E-state index contributed by atoms with van der Waals surface area (Å²) in [5.41, 5.74) is 0.397. The maximum Gasteiger partial charge on any atom is 0.325 e. The fourth-order valence-electron chi connectivity index (χ4n) is 1.36. The number of carbonyl (C=O) groups excluding carboxylic acids is 1. The maximum atomic E-state index is 12.0. The average molecular weight is 296 g/mol. The molecule has 2 N–H and O–H groups in total. The summed E-state index contributed by atoms with van der Waals surface area (Å²) in [4.78, 5) is 22.7. The molecule has 1 aromatic rings. The van der Waals surface area contributed by atoms with Gasteiger partial charge in [0.15, 0.2) is 0 Å². The number of phenolic OH excluding ortho intramolecular Hbond substituents is 1. The van der Waals surface area contributed by atoms with Crippen molar-refractivity contribution in [1.29, 1.82) is 0 Å². The lowest BCUT2D eigenvalue weighted by molar-refractivity contribution is -0.145. The normalized spacial score (nSPS) is 12.3. The fraction of sp³-hybridized carbons (Fsp3) is 0.308. The van der Waals surface area contributed by atoms with Crippen molar-refractivity contribution in [1.82, 2.24) is 5.01 Å². The molecule has 0 saturated heterocycles. The van der Waals surface area contributed by atoms with Crippen LogP contribution in [0.2, 0.25) is 0 Å². The van der Waals surface area contributed by atoms with Crippen LogP contribution in [0, 0.1) is 5.92 Å². The molecule has 0 aliphatic carbocycles. The zero-order valence-electron chi connectivity index (χ0n) is 10.9. The summed E-state index contributed by atoms with van der Waals surface area (Å²) < 4.78 is 0. The average Bonchev–Trinajstić information content (AvgIpc) is 2.42. The predicted octanol–water partition coefficient (Wildman–Crippen LogP) is 1.21. The van der Waals surface area contributed by atoms with E-state index in [0.717, 1.165) is 5.01 Å². The van der Waals surface area contributed by atoms with Gasteiger partial charge < -0.3 is 10.2 Å². The van der Waals surface area contributed by atoms with Gasteiger partial charge in [-0.15, -0.1) is 0 Å². The van der Waals surface area contributed by atoms with Gasteiger partial charge in [0.1, 0.15) is 12.3 Å². The highest BCUT2D eigenvalue weighted by Gasteiger charge is 2.21. The summed E-state index contributed by atoms with van der Waals surface area (Å²) >= 11 is 4.01. The minimum absolute atomic E-state index is 0.00113. The van der Waals surface area contributed by atoms with Gasteiger partial charge in [-0.3, -0.25) is 9.59 Å². The Morgan fingerprint density at radius 3 is 2.65 bits per heavy atom. The van der Waals surface area contributed by atoms with E-state index in [4.69, 9.17) is 5.11 Å². The van der Waals surface area contributed by atoms with Gasteiger partial charge in [0.05, 0.1) is 6.21 Å². The van der Waals surface area contributed by atoms with E-state index in [1.165, 1.54) is 12.3 Å². The largest absolute Gasteiger partial charge is 0.507 e. The summed E-state index contributed by atoms with van der Waals surface area (Å²) in [6.07, 6.45) is 1.25. The molecule has 0 heterocycles. The summed E-state index contributed by atoms with van der Waals surface area (Å²) in [5.74, 6) is -1.75. The fourth-order valence-corrected chi connectivity index (χ4v) is 1.52. The summed E-state index contributed by atoms with van der Waals surface area (Å²) in [5, 5.41) is 23.1. The van der Waals surface area contributed by atoms with Crippen molar-refractivity contribution in [3.63, 3.8) is 0 Å². The first-order chi connectivity index (χ1) is 9.45. The second kappa shape index (κ2) is 7.54. The number of carbonyl (C=O) groups is 2. The van der Waals surface area contributed by atoms with E-state index < -0.39 is 24.3 Å². The highest BCUT2D eigenvalue weighted by atomic mass is 32.1. The number of hydrogen-bond acceptors (Lipinski definition) is 5. The van der Waals surface area contributed by atoms with Crippen LogP contribution in [0.25, 0.3) is 0 Å². The van der Waals surface area contributed by atoms with E-state index in [9.17, 15) is 14.7 Å². The molecule has 0 bridgehead atoms. The molecule has 0 saturated carbocycles. The van der Waals surface area contributed by atoms with Crippen molar-refractivity contribution in [2.75, 3.05) is 12.3 Å². The van der Waals surface area contributed by atoms with Crippen molar-refractivity contribution in [3.8, 4) is 5.75 Å². The first-order valence-electron chi connectivity index (χ1n) is 5.91. The molecule has 1 rings (SSSR count). The van der Waals surface area contributed by atoms with Crippen molar-refractivity contribution < 1.29 is 19.8 Å². The third-order valence-corrected chi connectivity index (χ3v) is 3.06. The molecule has 0 aliphatic rings. The Bertz CT molecular complexity index is 519. The number of phenols is 1. The van der Waals surface area contributed by atoms with E-state index >= 15 is 0 Å². The zero-order valence-corrected chi connectivity index (χ0v) is 11.8. The Morgan fingerprint density at radius 1 is 1.45 bits per heavy atom. The van der Waals surface area contributed by atoms with Gasteiger partial charge >= 0.3 is 5.97 Å². The maximum absolute atomic E-state index is 12.0. The number of amides is 1. The Hall–Kier alpha value is -2.02. The Morgan fingerprint density at radius 2 is 2.10 bits per heavy atom. The number of rotatable bonds is 6. The highest BCUT2D eigenvalue weighted by molar-refractivity contribution is 7.80. The Kier molecular flexibility index (Phi) is 6.05. The van der Waals surface area contributed by atoms with Gasteiger partial charge in [-0.05, 0) is 12.1 Å². The van der Waals surface area contributed by atoms with E-state index in [1.807, 2.05) is 0 Å².